The third-order valence-corrected chi connectivity index (χ3v) is 4.38. The molecule has 0 spiro atoms. The lowest BCUT2D eigenvalue weighted by Crippen LogP contribution is -2.49. The molecule has 0 atom stereocenters. The maximum absolute atomic E-state index is 13.2. The van der Waals surface area contributed by atoms with E-state index >= 15 is 0 Å². The lowest BCUT2D eigenvalue weighted by molar-refractivity contribution is -0.136. The molecule has 0 bridgehead atoms. The highest BCUT2D eigenvalue weighted by atomic mass is 35.5. The standard InChI is InChI=1S/C17H20F3N3.ClH/c1-12(2)22-8-10-23(11-9-22)15-7-6-13-4-3-5-14(16(13)21-15)17(18,19)20;/h3-7,12H,8-11H2,1-2H3;1H. The van der Waals surface area contributed by atoms with Gasteiger partial charge >= 0.3 is 6.18 Å². The van der Waals surface area contributed by atoms with Gasteiger partial charge in [0.2, 0.25) is 0 Å². The Hall–Kier alpha value is -1.53. The number of nitrogens with zero attached hydrogens (tertiary/aromatic N) is 3. The molecule has 1 saturated heterocycles. The van der Waals surface area contributed by atoms with Crippen LogP contribution in [0.25, 0.3) is 10.9 Å². The summed E-state index contributed by atoms with van der Waals surface area (Å²) in [5.41, 5.74) is -0.638. The molecule has 1 aromatic carbocycles. The molecule has 1 aliphatic rings. The van der Waals surface area contributed by atoms with E-state index in [-0.39, 0.29) is 17.9 Å². The molecule has 132 valence electrons. The number of halogens is 4. The SMILES string of the molecule is CC(C)N1CCN(c2ccc3cccc(C(F)(F)F)c3n2)CC1.Cl. The van der Waals surface area contributed by atoms with Crippen LogP contribution in [0.1, 0.15) is 19.4 Å². The first-order chi connectivity index (χ1) is 10.9. The Kier molecular flexibility index (Phi) is 5.60. The highest BCUT2D eigenvalue weighted by Crippen LogP contribution is 2.34. The van der Waals surface area contributed by atoms with Gasteiger partial charge < -0.3 is 4.90 Å². The van der Waals surface area contributed by atoms with Crippen LogP contribution in [0, 0.1) is 0 Å². The van der Waals surface area contributed by atoms with Gasteiger partial charge in [-0.05, 0) is 32.0 Å². The Morgan fingerprint density at radius 2 is 1.67 bits per heavy atom. The van der Waals surface area contributed by atoms with Gasteiger partial charge in [-0.1, -0.05) is 12.1 Å². The normalized spacial score (nSPS) is 16.5. The van der Waals surface area contributed by atoms with Gasteiger partial charge in [-0.3, -0.25) is 4.90 Å². The van der Waals surface area contributed by atoms with E-state index in [9.17, 15) is 13.2 Å². The molecule has 0 amide bonds. The molecule has 1 aromatic heterocycles. The predicted molar refractivity (Wildman–Crippen MR) is 92.9 cm³/mol. The average Bonchev–Trinajstić information content (AvgIpc) is 2.53. The van der Waals surface area contributed by atoms with Crippen LogP contribution in [-0.4, -0.2) is 42.1 Å². The molecule has 1 fully saturated rings. The summed E-state index contributed by atoms with van der Waals surface area (Å²) in [6.45, 7) is 7.67. The second kappa shape index (κ2) is 7.15. The first-order valence-corrected chi connectivity index (χ1v) is 7.82. The summed E-state index contributed by atoms with van der Waals surface area (Å²) in [6, 6.07) is 8.20. The molecule has 1 aliphatic heterocycles. The number of fused-ring (bicyclic) bond motifs is 1. The summed E-state index contributed by atoms with van der Waals surface area (Å²) in [6.07, 6.45) is -4.39. The highest BCUT2D eigenvalue weighted by molar-refractivity contribution is 5.85. The number of hydrogen-bond acceptors (Lipinski definition) is 3. The average molecular weight is 360 g/mol. The van der Waals surface area contributed by atoms with Crippen molar-refractivity contribution in [2.45, 2.75) is 26.1 Å². The molecule has 0 aliphatic carbocycles. The lowest BCUT2D eigenvalue weighted by Gasteiger charge is -2.37. The maximum atomic E-state index is 13.2. The summed E-state index contributed by atoms with van der Waals surface area (Å²) in [7, 11) is 0. The Bertz CT molecular complexity index is 695. The number of para-hydroxylation sites is 1. The van der Waals surface area contributed by atoms with Gasteiger partial charge in [-0.15, -0.1) is 12.4 Å². The summed E-state index contributed by atoms with van der Waals surface area (Å²) in [5, 5.41) is 0.518. The number of benzene rings is 1. The number of alkyl halides is 3. The van der Waals surface area contributed by atoms with Crippen LogP contribution in [0.5, 0.6) is 0 Å². The molecule has 24 heavy (non-hydrogen) atoms. The van der Waals surface area contributed by atoms with Crippen LogP contribution < -0.4 is 4.90 Å². The quantitative estimate of drug-likeness (QED) is 0.801. The molecule has 7 heteroatoms. The van der Waals surface area contributed by atoms with Crippen LogP contribution in [0.2, 0.25) is 0 Å². The zero-order valence-corrected chi connectivity index (χ0v) is 14.5. The third-order valence-electron chi connectivity index (χ3n) is 4.38. The van der Waals surface area contributed by atoms with Crippen molar-refractivity contribution in [3.05, 3.63) is 35.9 Å². The first kappa shape index (κ1) is 18.8. The van der Waals surface area contributed by atoms with Crippen LogP contribution in [-0.2, 0) is 6.18 Å². The third kappa shape index (κ3) is 3.75. The number of pyridine rings is 1. The van der Waals surface area contributed by atoms with Crippen molar-refractivity contribution < 1.29 is 13.2 Å². The highest BCUT2D eigenvalue weighted by Gasteiger charge is 2.33. The summed E-state index contributed by atoms with van der Waals surface area (Å²) < 4.78 is 39.5. The van der Waals surface area contributed by atoms with Gasteiger partial charge in [0.15, 0.2) is 0 Å². The van der Waals surface area contributed by atoms with Crippen molar-refractivity contribution in [2.24, 2.45) is 0 Å². The Morgan fingerprint density at radius 1 is 1.00 bits per heavy atom. The fourth-order valence-electron chi connectivity index (χ4n) is 3.01. The fraction of sp³-hybridized carbons (Fsp3) is 0.471. The largest absolute Gasteiger partial charge is 0.418 e. The van der Waals surface area contributed by atoms with Gasteiger partial charge in [0.1, 0.15) is 5.82 Å². The van der Waals surface area contributed by atoms with Crippen molar-refractivity contribution in [1.82, 2.24) is 9.88 Å². The number of hydrogen-bond donors (Lipinski definition) is 0. The summed E-state index contributed by atoms with van der Waals surface area (Å²) in [4.78, 5) is 8.74. The van der Waals surface area contributed by atoms with Crippen LogP contribution >= 0.6 is 12.4 Å². The minimum Gasteiger partial charge on any atom is -0.354 e. The lowest BCUT2D eigenvalue weighted by atomic mass is 10.1. The first-order valence-electron chi connectivity index (χ1n) is 7.82. The topological polar surface area (TPSA) is 19.4 Å². The Labute approximate surface area is 145 Å². The van der Waals surface area contributed by atoms with Crippen molar-refractivity contribution in [1.29, 1.82) is 0 Å². The minimum absolute atomic E-state index is 0. The molecule has 3 nitrogen and oxygen atoms in total. The van der Waals surface area contributed by atoms with Crippen molar-refractivity contribution in [3.63, 3.8) is 0 Å². The number of rotatable bonds is 2. The predicted octanol–water partition coefficient (Wildman–Crippen LogP) is 4.21. The van der Waals surface area contributed by atoms with E-state index in [4.69, 9.17) is 0 Å². The van der Waals surface area contributed by atoms with E-state index in [2.05, 4.69) is 28.6 Å². The molecule has 3 rings (SSSR count). The second-order valence-electron chi connectivity index (χ2n) is 6.16. The van der Waals surface area contributed by atoms with Gasteiger partial charge in [0.05, 0.1) is 11.1 Å². The molecule has 0 N–H and O–H groups in total. The smallest absolute Gasteiger partial charge is 0.354 e. The van der Waals surface area contributed by atoms with E-state index < -0.39 is 11.7 Å². The molecule has 0 radical (unpaired) electrons. The van der Waals surface area contributed by atoms with Crippen molar-refractivity contribution >= 4 is 29.1 Å². The van der Waals surface area contributed by atoms with E-state index in [1.165, 1.54) is 6.07 Å². The van der Waals surface area contributed by atoms with Crippen LogP contribution in [0.3, 0.4) is 0 Å². The molecule has 2 heterocycles. The number of piperazine rings is 1. The monoisotopic (exact) mass is 359 g/mol. The fourth-order valence-corrected chi connectivity index (χ4v) is 3.01. The van der Waals surface area contributed by atoms with Gasteiger partial charge in [-0.25, -0.2) is 4.98 Å². The Morgan fingerprint density at radius 3 is 2.25 bits per heavy atom. The van der Waals surface area contributed by atoms with Crippen molar-refractivity contribution in [2.75, 3.05) is 31.1 Å². The van der Waals surface area contributed by atoms with E-state index in [0.717, 1.165) is 32.2 Å². The van der Waals surface area contributed by atoms with E-state index in [1.807, 2.05) is 6.07 Å². The van der Waals surface area contributed by atoms with Crippen LogP contribution in [0.4, 0.5) is 19.0 Å². The van der Waals surface area contributed by atoms with Gasteiger partial charge in [-0.2, -0.15) is 13.2 Å². The van der Waals surface area contributed by atoms with Crippen LogP contribution in [0.15, 0.2) is 30.3 Å². The van der Waals surface area contributed by atoms with Gasteiger partial charge in [0.25, 0.3) is 0 Å². The van der Waals surface area contributed by atoms with E-state index in [0.29, 0.717) is 17.2 Å². The second-order valence-corrected chi connectivity index (χ2v) is 6.16. The summed E-state index contributed by atoms with van der Waals surface area (Å²) >= 11 is 0. The van der Waals surface area contributed by atoms with Crippen molar-refractivity contribution in [3.8, 4) is 0 Å². The molecular formula is C17H21ClF3N3. The van der Waals surface area contributed by atoms with Gasteiger partial charge in [0, 0.05) is 37.6 Å². The van der Waals surface area contributed by atoms with E-state index in [1.54, 1.807) is 12.1 Å². The Balaban J connectivity index is 0.00000208. The molecule has 2 aromatic rings. The molecule has 0 unspecified atom stereocenters. The zero-order valence-electron chi connectivity index (χ0n) is 13.7. The zero-order chi connectivity index (χ0) is 16.6. The number of anilines is 1. The molecular weight excluding hydrogens is 339 g/mol. The summed E-state index contributed by atoms with van der Waals surface area (Å²) in [5.74, 6) is 0.623. The number of aromatic nitrogens is 1. The molecule has 0 saturated carbocycles. The minimum atomic E-state index is -4.39. The maximum Gasteiger partial charge on any atom is 0.418 e.